The fourth-order valence-electron chi connectivity index (χ4n) is 2.22. The number of hydrogen-bond acceptors (Lipinski definition) is 3. The number of halogens is 2. The predicted molar refractivity (Wildman–Crippen MR) is 67.4 cm³/mol. The van der Waals surface area contributed by atoms with Crippen LogP contribution < -0.4 is 14.8 Å². The molecule has 1 saturated heterocycles. The lowest BCUT2D eigenvalue weighted by atomic mass is 9.97. The molecule has 5 heteroatoms. The molecule has 1 aromatic carbocycles. The van der Waals surface area contributed by atoms with E-state index < -0.39 is 5.82 Å². The van der Waals surface area contributed by atoms with Crippen LogP contribution in [0.15, 0.2) is 10.5 Å². The van der Waals surface area contributed by atoms with E-state index in [1.807, 2.05) is 0 Å². The van der Waals surface area contributed by atoms with Crippen LogP contribution in [0.25, 0.3) is 0 Å². The smallest absolute Gasteiger partial charge is 0.198 e. The molecule has 0 aromatic heterocycles. The molecule has 94 valence electrons. The van der Waals surface area contributed by atoms with Crippen LogP contribution in [0.1, 0.15) is 17.9 Å². The van der Waals surface area contributed by atoms with E-state index in [1.54, 1.807) is 6.07 Å². The Kier molecular flexibility index (Phi) is 3.89. The fourth-order valence-corrected chi connectivity index (χ4v) is 2.65. The first-order chi connectivity index (χ1) is 8.19. The summed E-state index contributed by atoms with van der Waals surface area (Å²) in [6, 6.07) is 1.79. The molecule has 2 rings (SSSR count). The van der Waals surface area contributed by atoms with Crippen molar-refractivity contribution in [1.29, 1.82) is 0 Å². The summed E-state index contributed by atoms with van der Waals surface area (Å²) in [4.78, 5) is 0. The molecular weight excluding hydrogens is 289 g/mol. The number of rotatable bonds is 3. The van der Waals surface area contributed by atoms with Gasteiger partial charge in [0.2, 0.25) is 0 Å². The van der Waals surface area contributed by atoms with Crippen LogP contribution in [0.3, 0.4) is 0 Å². The Morgan fingerprint density at radius 1 is 1.35 bits per heavy atom. The molecule has 1 N–H and O–H groups in total. The van der Waals surface area contributed by atoms with Crippen molar-refractivity contribution in [2.75, 3.05) is 27.3 Å². The molecule has 1 aliphatic heterocycles. The largest absolute Gasteiger partial charge is 0.492 e. The molecular formula is C12H15BrFNO2. The minimum absolute atomic E-state index is 0.170. The Hall–Kier alpha value is -0.810. The maximum absolute atomic E-state index is 13.8. The summed E-state index contributed by atoms with van der Waals surface area (Å²) in [5.74, 6) is 0.598. The molecule has 0 spiro atoms. The zero-order chi connectivity index (χ0) is 12.4. The summed E-state index contributed by atoms with van der Waals surface area (Å²) in [5, 5.41) is 3.29. The second-order valence-corrected chi connectivity index (χ2v) is 4.87. The Morgan fingerprint density at radius 2 is 2.06 bits per heavy atom. The SMILES string of the molecule is COc1c(C2CCNC2)cc(Br)c(F)c1OC. The van der Waals surface area contributed by atoms with Crippen LogP contribution in [-0.4, -0.2) is 27.3 Å². The summed E-state index contributed by atoms with van der Waals surface area (Å²) in [6.45, 7) is 1.86. The summed E-state index contributed by atoms with van der Waals surface area (Å²) in [7, 11) is 2.99. The molecule has 1 fully saturated rings. The van der Waals surface area contributed by atoms with Gasteiger partial charge in [-0.05, 0) is 35.0 Å². The second-order valence-electron chi connectivity index (χ2n) is 4.02. The molecule has 1 unspecified atom stereocenters. The van der Waals surface area contributed by atoms with Gasteiger partial charge in [0, 0.05) is 18.0 Å². The first-order valence-corrected chi connectivity index (χ1v) is 6.29. The van der Waals surface area contributed by atoms with Gasteiger partial charge in [0.25, 0.3) is 0 Å². The number of hydrogen-bond donors (Lipinski definition) is 1. The lowest BCUT2D eigenvalue weighted by molar-refractivity contribution is 0.332. The first-order valence-electron chi connectivity index (χ1n) is 5.49. The average molecular weight is 304 g/mol. The first kappa shape index (κ1) is 12.6. The van der Waals surface area contributed by atoms with E-state index in [4.69, 9.17) is 9.47 Å². The van der Waals surface area contributed by atoms with Crippen molar-refractivity contribution in [2.45, 2.75) is 12.3 Å². The highest BCUT2D eigenvalue weighted by atomic mass is 79.9. The molecule has 0 radical (unpaired) electrons. The van der Waals surface area contributed by atoms with Crippen LogP contribution in [-0.2, 0) is 0 Å². The van der Waals surface area contributed by atoms with Crippen molar-refractivity contribution in [1.82, 2.24) is 5.32 Å². The van der Waals surface area contributed by atoms with Crippen LogP contribution in [0.2, 0.25) is 0 Å². The van der Waals surface area contributed by atoms with Gasteiger partial charge in [0.15, 0.2) is 17.3 Å². The highest BCUT2D eigenvalue weighted by Gasteiger charge is 2.26. The van der Waals surface area contributed by atoms with E-state index in [0.29, 0.717) is 16.1 Å². The lowest BCUT2D eigenvalue weighted by Gasteiger charge is -2.18. The van der Waals surface area contributed by atoms with Gasteiger partial charge >= 0.3 is 0 Å². The van der Waals surface area contributed by atoms with Gasteiger partial charge < -0.3 is 14.8 Å². The minimum Gasteiger partial charge on any atom is -0.492 e. The molecule has 17 heavy (non-hydrogen) atoms. The zero-order valence-electron chi connectivity index (χ0n) is 9.85. The van der Waals surface area contributed by atoms with Crippen LogP contribution >= 0.6 is 15.9 Å². The third-order valence-corrected chi connectivity index (χ3v) is 3.65. The molecule has 0 bridgehead atoms. The predicted octanol–water partition coefficient (Wildman–Crippen LogP) is 2.68. The summed E-state index contributed by atoms with van der Waals surface area (Å²) in [5.41, 5.74) is 0.989. The summed E-state index contributed by atoms with van der Waals surface area (Å²) in [6.07, 6.45) is 1.03. The van der Waals surface area contributed by atoms with E-state index >= 15 is 0 Å². The van der Waals surface area contributed by atoms with Gasteiger partial charge in [-0.1, -0.05) is 0 Å². The van der Waals surface area contributed by atoms with Crippen LogP contribution in [0.5, 0.6) is 11.5 Å². The number of methoxy groups -OCH3 is 2. The highest BCUT2D eigenvalue weighted by Crippen LogP contribution is 2.42. The summed E-state index contributed by atoms with van der Waals surface area (Å²) >= 11 is 3.22. The van der Waals surface area contributed by atoms with E-state index in [0.717, 1.165) is 25.1 Å². The van der Waals surface area contributed by atoms with E-state index in [9.17, 15) is 4.39 Å². The van der Waals surface area contributed by atoms with Gasteiger partial charge in [0.05, 0.1) is 18.7 Å². The lowest BCUT2D eigenvalue weighted by Crippen LogP contribution is -2.09. The van der Waals surface area contributed by atoms with Crippen molar-refractivity contribution < 1.29 is 13.9 Å². The van der Waals surface area contributed by atoms with E-state index in [2.05, 4.69) is 21.2 Å². The van der Waals surface area contributed by atoms with Crippen molar-refractivity contribution in [3.05, 3.63) is 21.9 Å². The van der Waals surface area contributed by atoms with E-state index in [-0.39, 0.29) is 5.75 Å². The van der Waals surface area contributed by atoms with Gasteiger partial charge in [0.1, 0.15) is 0 Å². The van der Waals surface area contributed by atoms with Crippen molar-refractivity contribution >= 4 is 15.9 Å². The molecule has 1 aromatic rings. The molecule has 1 aliphatic rings. The van der Waals surface area contributed by atoms with E-state index in [1.165, 1.54) is 14.2 Å². The molecule has 0 amide bonds. The monoisotopic (exact) mass is 303 g/mol. The average Bonchev–Trinajstić information content (AvgIpc) is 2.85. The Bertz CT molecular complexity index is 419. The van der Waals surface area contributed by atoms with Gasteiger partial charge in [-0.15, -0.1) is 0 Å². The van der Waals surface area contributed by atoms with Gasteiger partial charge in [-0.25, -0.2) is 4.39 Å². The zero-order valence-corrected chi connectivity index (χ0v) is 11.4. The van der Waals surface area contributed by atoms with Gasteiger partial charge in [-0.3, -0.25) is 0 Å². The number of nitrogens with one attached hydrogen (secondary N) is 1. The maximum atomic E-state index is 13.8. The topological polar surface area (TPSA) is 30.5 Å². The highest BCUT2D eigenvalue weighted by molar-refractivity contribution is 9.10. The quantitative estimate of drug-likeness (QED) is 0.931. The van der Waals surface area contributed by atoms with Crippen molar-refractivity contribution in [3.63, 3.8) is 0 Å². The molecule has 0 saturated carbocycles. The molecule has 3 nitrogen and oxygen atoms in total. The Balaban J connectivity index is 2.53. The third kappa shape index (κ3) is 2.26. The fraction of sp³-hybridized carbons (Fsp3) is 0.500. The normalized spacial score (nSPS) is 19.4. The summed E-state index contributed by atoms with van der Waals surface area (Å²) < 4.78 is 24.7. The van der Waals surface area contributed by atoms with Crippen molar-refractivity contribution in [2.24, 2.45) is 0 Å². The van der Waals surface area contributed by atoms with Gasteiger partial charge in [-0.2, -0.15) is 0 Å². The van der Waals surface area contributed by atoms with Crippen LogP contribution in [0.4, 0.5) is 4.39 Å². The third-order valence-electron chi connectivity index (χ3n) is 3.07. The number of benzene rings is 1. The Morgan fingerprint density at radius 3 is 2.59 bits per heavy atom. The number of ether oxygens (including phenoxy) is 2. The molecule has 1 atom stereocenters. The second kappa shape index (κ2) is 5.23. The standard InChI is InChI=1S/C12H15BrFNO2/c1-16-11-8(7-3-4-15-6-7)5-9(13)10(14)12(11)17-2/h5,7,15H,3-4,6H2,1-2H3. The molecule has 1 heterocycles. The minimum atomic E-state index is -0.418. The Labute approximate surface area is 108 Å². The molecule has 0 aliphatic carbocycles. The van der Waals surface area contributed by atoms with Crippen LogP contribution in [0, 0.1) is 5.82 Å². The maximum Gasteiger partial charge on any atom is 0.198 e. The van der Waals surface area contributed by atoms with Crippen molar-refractivity contribution in [3.8, 4) is 11.5 Å².